The normalized spacial score (nSPS) is 11.2. The second-order valence-electron chi connectivity index (χ2n) is 3.54. The van der Waals surface area contributed by atoms with Crippen LogP contribution >= 0.6 is 11.6 Å². The zero-order valence-electron chi connectivity index (χ0n) is 8.51. The third-order valence-corrected chi connectivity index (χ3v) is 2.07. The van der Waals surface area contributed by atoms with Crippen LogP contribution in [0.4, 0.5) is 0 Å². The zero-order valence-corrected chi connectivity index (χ0v) is 9.27. The summed E-state index contributed by atoms with van der Waals surface area (Å²) in [6, 6.07) is 0. The van der Waals surface area contributed by atoms with E-state index in [1.807, 2.05) is 13.8 Å². The maximum Gasteiger partial charge on any atom is 0.237 e. The van der Waals surface area contributed by atoms with Crippen molar-refractivity contribution in [2.75, 3.05) is 0 Å². The predicted octanol–water partition coefficient (Wildman–Crippen LogP) is 2.09. The van der Waals surface area contributed by atoms with Crippen molar-refractivity contribution in [1.82, 2.24) is 20.0 Å². The Kier molecular flexibility index (Phi) is 2.73. The molecule has 2 aromatic rings. The molecule has 0 aromatic carbocycles. The van der Waals surface area contributed by atoms with Gasteiger partial charge in [-0.3, -0.25) is 4.68 Å². The summed E-state index contributed by atoms with van der Waals surface area (Å²) in [7, 11) is 0. The number of rotatable bonds is 3. The molecule has 2 heterocycles. The third kappa shape index (κ3) is 2.36. The molecule has 0 aliphatic heterocycles. The van der Waals surface area contributed by atoms with Gasteiger partial charge in [-0.15, -0.1) is 10.2 Å². The van der Waals surface area contributed by atoms with E-state index in [9.17, 15) is 0 Å². The molecule has 6 heteroatoms. The molecule has 80 valence electrons. The molecule has 0 aliphatic carbocycles. The van der Waals surface area contributed by atoms with E-state index in [0.717, 1.165) is 0 Å². The van der Waals surface area contributed by atoms with Gasteiger partial charge in [0.15, 0.2) is 0 Å². The summed E-state index contributed by atoms with van der Waals surface area (Å²) >= 11 is 5.73. The van der Waals surface area contributed by atoms with Gasteiger partial charge in [-0.2, -0.15) is 5.10 Å². The van der Waals surface area contributed by atoms with E-state index in [1.54, 1.807) is 17.1 Å². The fourth-order valence-corrected chi connectivity index (χ4v) is 1.28. The highest BCUT2D eigenvalue weighted by atomic mass is 35.5. The molecular formula is C9H11ClN4O. The van der Waals surface area contributed by atoms with E-state index in [-0.39, 0.29) is 5.92 Å². The molecule has 0 N–H and O–H groups in total. The largest absolute Gasteiger partial charge is 0.423 e. The van der Waals surface area contributed by atoms with Crippen molar-refractivity contribution in [3.8, 4) is 0 Å². The average Bonchev–Trinajstić information content (AvgIpc) is 2.76. The lowest BCUT2D eigenvalue weighted by Crippen LogP contribution is -1.99. The number of aromatic nitrogens is 4. The van der Waals surface area contributed by atoms with Crippen LogP contribution in [0.15, 0.2) is 16.8 Å². The lowest BCUT2D eigenvalue weighted by molar-refractivity contribution is 0.416. The minimum atomic E-state index is 0.243. The van der Waals surface area contributed by atoms with Gasteiger partial charge in [-0.25, -0.2) is 0 Å². The summed E-state index contributed by atoms with van der Waals surface area (Å²) in [4.78, 5) is 0. The van der Waals surface area contributed by atoms with Crippen LogP contribution in [-0.2, 0) is 6.54 Å². The van der Waals surface area contributed by atoms with Crippen molar-refractivity contribution < 1.29 is 4.42 Å². The Hall–Kier alpha value is -1.36. The minimum absolute atomic E-state index is 0.243. The van der Waals surface area contributed by atoms with E-state index in [4.69, 9.17) is 16.0 Å². The molecule has 0 radical (unpaired) electrons. The first kappa shape index (κ1) is 10.2. The van der Waals surface area contributed by atoms with Crippen molar-refractivity contribution in [1.29, 1.82) is 0 Å². The predicted molar refractivity (Wildman–Crippen MR) is 54.7 cm³/mol. The van der Waals surface area contributed by atoms with Crippen LogP contribution in [-0.4, -0.2) is 20.0 Å². The molecule has 5 nitrogen and oxygen atoms in total. The Balaban J connectivity index is 2.11. The van der Waals surface area contributed by atoms with Gasteiger partial charge >= 0.3 is 0 Å². The first-order valence-electron chi connectivity index (χ1n) is 4.65. The number of halogens is 1. The van der Waals surface area contributed by atoms with Gasteiger partial charge in [0.05, 0.1) is 11.2 Å². The van der Waals surface area contributed by atoms with Crippen LogP contribution in [0.25, 0.3) is 0 Å². The highest BCUT2D eigenvalue weighted by Gasteiger charge is 2.10. The van der Waals surface area contributed by atoms with Crippen LogP contribution in [0.5, 0.6) is 0 Å². The topological polar surface area (TPSA) is 56.7 Å². The van der Waals surface area contributed by atoms with Crippen LogP contribution in [0, 0.1) is 0 Å². The van der Waals surface area contributed by atoms with Gasteiger partial charge in [0, 0.05) is 12.1 Å². The van der Waals surface area contributed by atoms with Crippen molar-refractivity contribution in [2.24, 2.45) is 0 Å². The fourth-order valence-electron chi connectivity index (χ4n) is 1.13. The van der Waals surface area contributed by atoms with E-state index in [2.05, 4.69) is 15.3 Å². The third-order valence-electron chi connectivity index (χ3n) is 1.88. The monoisotopic (exact) mass is 226 g/mol. The Bertz CT molecular complexity index is 448. The maximum atomic E-state index is 5.73. The SMILES string of the molecule is CC(C)c1nnc(Cn2cc(Cl)cn2)o1. The van der Waals surface area contributed by atoms with Crippen molar-refractivity contribution in [2.45, 2.75) is 26.3 Å². The molecule has 0 amide bonds. The summed E-state index contributed by atoms with van der Waals surface area (Å²) in [6.45, 7) is 4.45. The molecule has 15 heavy (non-hydrogen) atoms. The molecule has 0 spiro atoms. The standard InChI is InChI=1S/C9H11ClN4O/c1-6(2)9-13-12-8(15-9)5-14-4-7(10)3-11-14/h3-4,6H,5H2,1-2H3. The Morgan fingerprint density at radius 2 is 2.27 bits per heavy atom. The summed E-state index contributed by atoms with van der Waals surface area (Å²) < 4.78 is 7.08. The van der Waals surface area contributed by atoms with Crippen molar-refractivity contribution in [3.05, 3.63) is 29.2 Å². The lowest BCUT2D eigenvalue weighted by Gasteiger charge is -1.96. The van der Waals surface area contributed by atoms with Crippen LogP contribution < -0.4 is 0 Å². The molecule has 0 atom stereocenters. The second kappa shape index (κ2) is 4.02. The van der Waals surface area contributed by atoms with Crippen molar-refractivity contribution in [3.63, 3.8) is 0 Å². The van der Waals surface area contributed by atoms with Crippen LogP contribution in [0.1, 0.15) is 31.5 Å². The Labute approximate surface area is 92.1 Å². The van der Waals surface area contributed by atoms with Gasteiger partial charge < -0.3 is 4.42 Å². The summed E-state index contributed by atoms with van der Waals surface area (Å²) in [5.41, 5.74) is 0. The molecular weight excluding hydrogens is 216 g/mol. The van der Waals surface area contributed by atoms with Gasteiger partial charge in [0.1, 0.15) is 6.54 Å². The van der Waals surface area contributed by atoms with Gasteiger partial charge in [0.2, 0.25) is 11.8 Å². The number of nitrogens with zero attached hydrogens (tertiary/aromatic N) is 4. The van der Waals surface area contributed by atoms with Gasteiger partial charge in [-0.1, -0.05) is 25.4 Å². The van der Waals surface area contributed by atoms with Gasteiger partial charge in [-0.05, 0) is 0 Å². The number of hydrogen-bond donors (Lipinski definition) is 0. The van der Waals surface area contributed by atoms with E-state index in [0.29, 0.717) is 23.3 Å². The summed E-state index contributed by atoms with van der Waals surface area (Å²) in [6.07, 6.45) is 3.28. The van der Waals surface area contributed by atoms with Crippen LogP contribution in [0.3, 0.4) is 0 Å². The van der Waals surface area contributed by atoms with Crippen molar-refractivity contribution >= 4 is 11.6 Å². The fraction of sp³-hybridized carbons (Fsp3) is 0.444. The van der Waals surface area contributed by atoms with E-state index >= 15 is 0 Å². The molecule has 0 unspecified atom stereocenters. The number of hydrogen-bond acceptors (Lipinski definition) is 4. The molecule has 0 fully saturated rings. The molecule has 0 saturated heterocycles. The average molecular weight is 227 g/mol. The molecule has 0 aliphatic rings. The Morgan fingerprint density at radius 1 is 1.47 bits per heavy atom. The molecule has 2 rings (SSSR count). The summed E-state index contributed by atoms with van der Waals surface area (Å²) in [5, 5.41) is 12.5. The Morgan fingerprint density at radius 3 is 2.80 bits per heavy atom. The lowest BCUT2D eigenvalue weighted by atomic mass is 10.2. The summed E-state index contributed by atoms with van der Waals surface area (Å²) in [5.74, 6) is 1.43. The van der Waals surface area contributed by atoms with E-state index in [1.165, 1.54) is 0 Å². The highest BCUT2D eigenvalue weighted by molar-refractivity contribution is 6.30. The van der Waals surface area contributed by atoms with Crippen LogP contribution in [0.2, 0.25) is 5.02 Å². The van der Waals surface area contributed by atoms with E-state index < -0.39 is 0 Å². The smallest absolute Gasteiger partial charge is 0.237 e. The minimum Gasteiger partial charge on any atom is -0.423 e. The quantitative estimate of drug-likeness (QED) is 0.804. The highest BCUT2D eigenvalue weighted by Crippen LogP contribution is 2.13. The molecule has 0 bridgehead atoms. The molecule has 0 saturated carbocycles. The maximum absolute atomic E-state index is 5.73. The molecule has 2 aromatic heterocycles. The first-order valence-corrected chi connectivity index (χ1v) is 5.03. The zero-order chi connectivity index (χ0) is 10.8. The van der Waals surface area contributed by atoms with Gasteiger partial charge in [0.25, 0.3) is 0 Å². The second-order valence-corrected chi connectivity index (χ2v) is 3.98. The first-order chi connectivity index (χ1) is 7.15.